The van der Waals surface area contributed by atoms with E-state index in [4.69, 9.17) is 10.9 Å². The number of hydrogen-bond donors (Lipinski definition) is 4. The largest absolute Gasteiger partial charge is 0.409 e. The highest BCUT2D eigenvalue weighted by molar-refractivity contribution is 7.90. The van der Waals surface area contributed by atoms with Crippen LogP contribution in [0.3, 0.4) is 0 Å². The van der Waals surface area contributed by atoms with E-state index < -0.39 is 40.1 Å². The maximum absolute atomic E-state index is 13.3. The summed E-state index contributed by atoms with van der Waals surface area (Å²) in [5.74, 6) is -1.53. The van der Waals surface area contributed by atoms with Gasteiger partial charge in [-0.25, -0.2) is 4.39 Å². The van der Waals surface area contributed by atoms with E-state index in [0.29, 0.717) is 0 Å². The van der Waals surface area contributed by atoms with E-state index in [0.717, 1.165) is 18.2 Å². The fourth-order valence-electron chi connectivity index (χ4n) is 1.21. The minimum Gasteiger partial charge on any atom is -0.409 e. The monoisotopic (exact) mass is 330 g/mol. The van der Waals surface area contributed by atoms with Crippen molar-refractivity contribution < 1.29 is 31.2 Å². The molecule has 118 valence electrons. The summed E-state index contributed by atoms with van der Waals surface area (Å²) in [6, 6.07) is 2.61. The van der Waals surface area contributed by atoms with Crippen molar-refractivity contribution in [1.82, 2.24) is 4.72 Å². The molecule has 0 saturated carbocycles. The molecule has 0 fully saturated rings. The highest BCUT2D eigenvalue weighted by Crippen LogP contribution is 2.17. The Bertz CT molecular complexity index is 645. The second kappa shape index (κ2) is 6.13. The van der Waals surface area contributed by atoms with Gasteiger partial charge in [-0.2, -0.15) is 26.3 Å². The second-order valence-electron chi connectivity index (χ2n) is 3.72. The molecule has 0 radical (unpaired) electrons. The summed E-state index contributed by atoms with van der Waals surface area (Å²) in [6.07, 6.45) is -4.73. The molecule has 0 amide bonds. The molecule has 0 aliphatic heterocycles. The maximum atomic E-state index is 13.3. The molecule has 21 heavy (non-hydrogen) atoms. The Balaban J connectivity index is 2.93. The smallest absolute Gasteiger partial charge is 0.402 e. The normalized spacial score (nSPS) is 13.2. The van der Waals surface area contributed by atoms with Crippen LogP contribution in [0, 0.1) is 5.82 Å². The zero-order valence-corrected chi connectivity index (χ0v) is 11.0. The lowest BCUT2D eigenvalue weighted by molar-refractivity contribution is -0.121. The van der Waals surface area contributed by atoms with Crippen LogP contribution in [0.25, 0.3) is 0 Å². The molecule has 0 atom stereocenters. The molecule has 1 aromatic carbocycles. The van der Waals surface area contributed by atoms with Gasteiger partial charge in [0, 0.05) is 0 Å². The predicted molar refractivity (Wildman–Crippen MR) is 65.5 cm³/mol. The van der Waals surface area contributed by atoms with Gasteiger partial charge in [0.1, 0.15) is 12.4 Å². The topological polar surface area (TPSA) is 117 Å². The molecule has 7 nitrogen and oxygen atoms in total. The molecule has 0 saturated heterocycles. The van der Waals surface area contributed by atoms with Crippen LogP contribution in [0.4, 0.5) is 23.2 Å². The fourth-order valence-corrected chi connectivity index (χ4v) is 2.07. The van der Waals surface area contributed by atoms with Gasteiger partial charge in [-0.15, -0.1) is 0 Å². The molecule has 5 N–H and O–H groups in total. The summed E-state index contributed by atoms with van der Waals surface area (Å²) in [6.45, 7) is -1.77. The van der Waals surface area contributed by atoms with E-state index >= 15 is 0 Å². The van der Waals surface area contributed by atoms with Crippen LogP contribution in [0.1, 0.15) is 5.56 Å². The molecule has 0 aliphatic carbocycles. The summed E-state index contributed by atoms with van der Waals surface area (Å²) in [5.41, 5.74) is 4.47. The number of alkyl halides is 3. The average Bonchev–Trinajstić information content (AvgIpc) is 2.37. The van der Waals surface area contributed by atoms with Crippen molar-refractivity contribution in [1.29, 1.82) is 0 Å². The number of rotatable bonds is 5. The van der Waals surface area contributed by atoms with Crippen molar-refractivity contribution in [3.05, 3.63) is 29.6 Å². The number of nitrogens with zero attached hydrogens (tertiary/aromatic N) is 1. The van der Waals surface area contributed by atoms with Crippen LogP contribution in [-0.4, -0.2) is 32.2 Å². The van der Waals surface area contributed by atoms with Gasteiger partial charge in [0.05, 0.1) is 11.3 Å². The van der Waals surface area contributed by atoms with Gasteiger partial charge >= 0.3 is 6.18 Å². The van der Waals surface area contributed by atoms with E-state index in [1.807, 2.05) is 0 Å². The van der Waals surface area contributed by atoms with Gasteiger partial charge in [0.25, 0.3) is 10.2 Å². The Kier molecular flexibility index (Phi) is 4.96. The molecule has 0 bridgehead atoms. The summed E-state index contributed by atoms with van der Waals surface area (Å²) in [5, 5.41) is 11.0. The molecule has 0 aromatic heterocycles. The first-order valence-corrected chi connectivity index (χ1v) is 6.64. The first kappa shape index (κ1) is 17.0. The third-order valence-electron chi connectivity index (χ3n) is 2.06. The minimum absolute atomic E-state index is 0.271. The molecule has 0 spiro atoms. The number of hydrogen-bond acceptors (Lipinski definition) is 4. The van der Waals surface area contributed by atoms with Crippen molar-refractivity contribution in [2.75, 3.05) is 11.3 Å². The van der Waals surface area contributed by atoms with Crippen molar-refractivity contribution in [3.8, 4) is 0 Å². The summed E-state index contributed by atoms with van der Waals surface area (Å²) >= 11 is 0. The van der Waals surface area contributed by atoms with E-state index in [9.17, 15) is 26.0 Å². The van der Waals surface area contributed by atoms with Crippen molar-refractivity contribution in [2.24, 2.45) is 10.9 Å². The number of benzene rings is 1. The van der Waals surface area contributed by atoms with Gasteiger partial charge in [-0.05, 0) is 18.2 Å². The van der Waals surface area contributed by atoms with Crippen molar-refractivity contribution in [3.63, 3.8) is 0 Å². The highest BCUT2D eigenvalue weighted by Gasteiger charge is 2.29. The quantitative estimate of drug-likeness (QED) is 0.209. The van der Waals surface area contributed by atoms with Crippen LogP contribution >= 0.6 is 0 Å². The van der Waals surface area contributed by atoms with Crippen LogP contribution in [0.5, 0.6) is 0 Å². The molecule has 0 heterocycles. The van der Waals surface area contributed by atoms with Crippen molar-refractivity contribution in [2.45, 2.75) is 6.18 Å². The lowest BCUT2D eigenvalue weighted by atomic mass is 10.2. The first-order valence-electron chi connectivity index (χ1n) is 5.15. The number of anilines is 1. The Hall–Kier alpha value is -2.08. The Morgan fingerprint density at radius 3 is 2.52 bits per heavy atom. The van der Waals surface area contributed by atoms with Crippen LogP contribution in [0.2, 0.25) is 0 Å². The lowest BCUT2D eigenvalue weighted by Gasteiger charge is -2.12. The number of nitrogens with two attached hydrogens (primary N) is 1. The average molecular weight is 330 g/mol. The van der Waals surface area contributed by atoms with Gasteiger partial charge in [-0.3, -0.25) is 4.72 Å². The molecular weight excluding hydrogens is 320 g/mol. The minimum atomic E-state index is -4.73. The number of oxime groups is 1. The molecular formula is C9H10F4N4O3S. The van der Waals surface area contributed by atoms with Gasteiger partial charge in [0.2, 0.25) is 0 Å². The Morgan fingerprint density at radius 1 is 1.38 bits per heavy atom. The molecule has 0 unspecified atom stereocenters. The van der Waals surface area contributed by atoms with Gasteiger partial charge in [-0.1, -0.05) is 5.16 Å². The highest BCUT2D eigenvalue weighted by atomic mass is 32.2. The first-order chi connectivity index (χ1) is 9.54. The van der Waals surface area contributed by atoms with Crippen molar-refractivity contribution >= 4 is 21.7 Å². The molecule has 1 aromatic rings. The van der Waals surface area contributed by atoms with Gasteiger partial charge < -0.3 is 10.9 Å². The molecule has 0 aliphatic rings. The van der Waals surface area contributed by atoms with Gasteiger partial charge in [0.15, 0.2) is 5.84 Å². The molecule has 1 rings (SSSR count). The predicted octanol–water partition coefficient (Wildman–Crippen LogP) is 0.729. The fraction of sp³-hybridized carbons (Fsp3) is 0.222. The summed E-state index contributed by atoms with van der Waals surface area (Å²) < 4.78 is 74.8. The third kappa shape index (κ3) is 5.43. The van der Waals surface area contributed by atoms with Crippen LogP contribution in [-0.2, 0) is 10.2 Å². The zero-order valence-electron chi connectivity index (χ0n) is 10.1. The Morgan fingerprint density at radius 2 is 2.00 bits per heavy atom. The number of nitrogens with one attached hydrogen (secondary N) is 2. The summed E-state index contributed by atoms with van der Waals surface area (Å²) in [7, 11) is -4.52. The van der Waals surface area contributed by atoms with E-state index in [1.165, 1.54) is 4.72 Å². The summed E-state index contributed by atoms with van der Waals surface area (Å²) in [4.78, 5) is 0. The Labute approximate surface area is 116 Å². The molecule has 12 heteroatoms. The maximum Gasteiger partial charge on any atom is 0.402 e. The standard InChI is InChI=1S/C9H10F4N4O3S/c10-7-2-1-5(3-6(7)8(14)16-18)17-21(19,20)15-4-9(11,12)13/h1-3,15,17-18H,4H2,(H2,14,16). The third-order valence-corrected chi connectivity index (χ3v) is 3.09. The van der Waals surface area contributed by atoms with E-state index in [2.05, 4.69) is 5.16 Å². The van der Waals surface area contributed by atoms with E-state index in [-0.39, 0.29) is 5.69 Å². The number of amidine groups is 1. The number of halogens is 4. The lowest BCUT2D eigenvalue weighted by Crippen LogP contribution is -2.37. The second-order valence-corrected chi connectivity index (χ2v) is 5.22. The van der Waals surface area contributed by atoms with E-state index in [1.54, 1.807) is 4.72 Å². The SMILES string of the molecule is N/C(=N/O)c1cc(NS(=O)(=O)NCC(F)(F)F)ccc1F. The zero-order chi connectivity index (χ0) is 16.3. The van der Waals surface area contributed by atoms with Crippen LogP contribution < -0.4 is 15.2 Å². The van der Waals surface area contributed by atoms with Crippen LogP contribution in [0.15, 0.2) is 23.4 Å².